The highest BCUT2D eigenvalue weighted by molar-refractivity contribution is 7.92. The largest absolute Gasteiger partial charge is 0.318 e. The first-order chi connectivity index (χ1) is 14.7. The molecule has 0 bridgehead atoms. The molecular weight excluding hydrogens is 412 g/mol. The quantitative estimate of drug-likeness (QED) is 0.454. The van der Waals surface area contributed by atoms with E-state index in [2.05, 4.69) is 15.1 Å². The van der Waals surface area contributed by atoms with E-state index in [1.807, 2.05) is 57.2 Å². The molecule has 0 spiro atoms. The topological polar surface area (TPSA) is 83.8 Å². The van der Waals surface area contributed by atoms with Crippen molar-refractivity contribution in [3.05, 3.63) is 83.2 Å². The molecular formula is C23H26N4O3S. The van der Waals surface area contributed by atoms with Gasteiger partial charge >= 0.3 is 0 Å². The van der Waals surface area contributed by atoms with Crippen molar-refractivity contribution in [2.75, 3.05) is 17.1 Å². The lowest BCUT2D eigenvalue weighted by molar-refractivity contribution is -0.119. The summed E-state index contributed by atoms with van der Waals surface area (Å²) in [5.41, 5.74) is 7.79. The molecule has 1 heterocycles. The molecule has 7 nitrogen and oxygen atoms in total. The van der Waals surface area contributed by atoms with Gasteiger partial charge in [-0.1, -0.05) is 35.9 Å². The van der Waals surface area contributed by atoms with E-state index in [0.717, 1.165) is 38.8 Å². The molecule has 2 aromatic carbocycles. The summed E-state index contributed by atoms with van der Waals surface area (Å²) in [5.74, 6) is -0.529. The van der Waals surface area contributed by atoms with E-state index in [-0.39, 0.29) is 6.54 Å². The second kappa shape index (κ2) is 9.18. The van der Waals surface area contributed by atoms with Gasteiger partial charge in [-0.2, -0.15) is 5.10 Å². The highest BCUT2D eigenvalue weighted by Crippen LogP contribution is 2.20. The number of nitrogens with one attached hydrogen (secondary N) is 1. The number of carbonyl (C=O) groups is 1. The van der Waals surface area contributed by atoms with Crippen LogP contribution in [0.15, 0.2) is 65.8 Å². The highest BCUT2D eigenvalue weighted by Gasteiger charge is 2.20. The van der Waals surface area contributed by atoms with Crippen LogP contribution in [0.1, 0.15) is 22.5 Å². The third-order valence-corrected chi connectivity index (χ3v) is 6.03. The average Bonchev–Trinajstić information content (AvgIpc) is 3.00. The molecule has 8 heteroatoms. The third-order valence-electron chi connectivity index (χ3n) is 4.89. The van der Waals surface area contributed by atoms with Gasteiger partial charge in [-0.3, -0.25) is 9.10 Å². The Morgan fingerprint density at radius 3 is 2.32 bits per heavy atom. The minimum atomic E-state index is -3.63. The summed E-state index contributed by atoms with van der Waals surface area (Å²) < 4.78 is 27.5. The van der Waals surface area contributed by atoms with Crippen molar-refractivity contribution in [1.29, 1.82) is 0 Å². The number of anilines is 1. The highest BCUT2D eigenvalue weighted by atomic mass is 32.2. The molecule has 3 rings (SSSR count). The molecule has 0 aliphatic rings. The van der Waals surface area contributed by atoms with Crippen LogP contribution in [0.2, 0.25) is 0 Å². The first-order valence-corrected chi connectivity index (χ1v) is 11.6. The SMILES string of the molecule is Cc1ccc(N(CC(=O)N/N=C/c2cc(C)n(-c3ccccc3)c2C)S(C)(=O)=O)cc1. The number of aromatic nitrogens is 1. The zero-order chi connectivity index (χ0) is 22.6. The number of benzene rings is 2. The lowest BCUT2D eigenvalue weighted by atomic mass is 10.2. The lowest BCUT2D eigenvalue weighted by Gasteiger charge is -2.21. The van der Waals surface area contributed by atoms with E-state index in [4.69, 9.17) is 0 Å². The van der Waals surface area contributed by atoms with Crippen LogP contribution in [-0.2, 0) is 14.8 Å². The molecule has 0 radical (unpaired) electrons. The maximum Gasteiger partial charge on any atom is 0.260 e. The predicted molar refractivity (Wildman–Crippen MR) is 124 cm³/mol. The van der Waals surface area contributed by atoms with Gasteiger partial charge in [-0.15, -0.1) is 0 Å². The Bertz CT molecular complexity index is 1200. The van der Waals surface area contributed by atoms with E-state index < -0.39 is 15.9 Å². The maximum absolute atomic E-state index is 12.4. The van der Waals surface area contributed by atoms with Crippen LogP contribution in [0.4, 0.5) is 5.69 Å². The number of sulfonamides is 1. The smallest absolute Gasteiger partial charge is 0.260 e. The van der Waals surface area contributed by atoms with Crippen LogP contribution in [0, 0.1) is 20.8 Å². The number of nitrogens with zero attached hydrogens (tertiary/aromatic N) is 3. The normalized spacial score (nSPS) is 11.6. The standard InChI is InChI=1S/C23H26N4O3S/c1-17-10-12-21(13-11-17)26(31(4,29)30)16-23(28)25-24-15-20-14-18(2)27(19(20)3)22-8-6-5-7-9-22/h5-15H,16H2,1-4H3,(H,25,28)/b24-15+. The molecule has 0 aliphatic carbocycles. The van der Waals surface area contributed by atoms with Crippen LogP contribution in [0.25, 0.3) is 5.69 Å². The second-order valence-corrected chi connectivity index (χ2v) is 9.30. The van der Waals surface area contributed by atoms with E-state index in [1.54, 1.807) is 30.5 Å². The number of hydrogen-bond donors (Lipinski definition) is 1. The molecule has 0 aliphatic heterocycles. The molecule has 0 atom stereocenters. The van der Waals surface area contributed by atoms with E-state index in [0.29, 0.717) is 5.69 Å². The van der Waals surface area contributed by atoms with E-state index >= 15 is 0 Å². The molecule has 31 heavy (non-hydrogen) atoms. The Morgan fingerprint density at radius 1 is 1.06 bits per heavy atom. The van der Waals surface area contributed by atoms with Gasteiger partial charge in [0.15, 0.2) is 0 Å². The molecule has 0 fully saturated rings. The first kappa shape index (κ1) is 22.3. The number of carbonyl (C=O) groups excluding carboxylic acids is 1. The van der Waals surface area contributed by atoms with Gasteiger partial charge in [0, 0.05) is 22.6 Å². The van der Waals surface area contributed by atoms with Crippen LogP contribution < -0.4 is 9.73 Å². The summed E-state index contributed by atoms with van der Waals surface area (Å²) >= 11 is 0. The summed E-state index contributed by atoms with van der Waals surface area (Å²) in [6, 6.07) is 18.9. The Hall–Kier alpha value is -3.39. The zero-order valence-corrected chi connectivity index (χ0v) is 18.8. The van der Waals surface area contributed by atoms with Gasteiger partial charge in [0.1, 0.15) is 6.54 Å². The molecule has 0 saturated carbocycles. The summed E-state index contributed by atoms with van der Waals surface area (Å²) in [4.78, 5) is 12.4. The number of amides is 1. The molecule has 1 amide bonds. The van der Waals surface area contributed by atoms with E-state index in [9.17, 15) is 13.2 Å². The van der Waals surface area contributed by atoms with Crippen LogP contribution in [-0.4, -0.2) is 37.9 Å². The van der Waals surface area contributed by atoms with Crippen LogP contribution in [0.3, 0.4) is 0 Å². The molecule has 0 saturated heterocycles. The molecule has 162 valence electrons. The van der Waals surface area contributed by atoms with Gasteiger partial charge in [0.25, 0.3) is 5.91 Å². The summed E-state index contributed by atoms with van der Waals surface area (Å²) in [6.07, 6.45) is 2.64. The maximum atomic E-state index is 12.4. The third kappa shape index (κ3) is 5.40. The number of aryl methyl sites for hydroxylation is 2. The van der Waals surface area contributed by atoms with Crippen LogP contribution in [0.5, 0.6) is 0 Å². The number of rotatable bonds is 7. The second-order valence-electron chi connectivity index (χ2n) is 7.40. The van der Waals surface area contributed by atoms with Gasteiger partial charge in [-0.25, -0.2) is 13.8 Å². The summed E-state index contributed by atoms with van der Waals surface area (Å²) in [6.45, 7) is 5.53. The summed E-state index contributed by atoms with van der Waals surface area (Å²) in [5, 5.41) is 4.03. The Balaban J connectivity index is 1.72. The van der Waals surface area contributed by atoms with E-state index in [1.165, 1.54) is 0 Å². The van der Waals surface area contributed by atoms with Crippen molar-refractivity contribution in [3.8, 4) is 5.69 Å². The number of hydrogen-bond acceptors (Lipinski definition) is 4. The van der Waals surface area contributed by atoms with Crippen molar-refractivity contribution in [2.45, 2.75) is 20.8 Å². The van der Waals surface area contributed by atoms with Crippen molar-refractivity contribution < 1.29 is 13.2 Å². The predicted octanol–water partition coefficient (Wildman–Crippen LogP) is 3.32. The fraction of sp³-hybridized carbons (Fsp3) is 0.217. The molecule has 1 aromatic heterocycles. The van der Waals surface area contributed by atoms with Gasteiger partial charge in [0.05, 0.1) is 18.2 Å². The zero-order valence-electron chi connectivity index (χ0n) is 18.0. The fourth-order valence-corrected chi connectivity index (χ4v) is 4.20. The lowest BCUT2D eigenvalue weighted by Crippen LogP contribution is -2.39. The molecule has 0 unspecified atom stereocenters. The van der Waals surface area contributed by atoms with Crippen molar-refractivity contribution in [2.24, 2.45) is 5.10 Å². The number of para-hydroxylation sites is 1. The molecule has 1 N–H and O–H groups in total. The molecule has 3 aromatic rings. The first-order valence-electron chi connectivity index (χ1n) is 9.77. The minimum absolute atomic E-state index is 0.359. The van der Waals surface area contributed by atoms with Crippen molar-refractivity contribution in [1.82, 2.24) is 9.99 Å². The summed E-state index contributed by atoms with van der Waals surface area (Å²) in [7, 11) is -3.63. The minimum Gasteiger partial charge on any atom is -0.318 e. The van der Waals surface area contributed by atoms with Crippen LogP contribution >= 0.6 is 0 Å². The fourth-order valence-electron chi connectivity index (χ4n) is 3.34. The van der Waals surface area contributed by atoms with Crippen molar-refractivity contribution in [3.63, 3.8) is 0 Å². The van der Waals surface area contributed by atoms with Gasteiger partial charge in [0.2, 0.25) is 10.0 Å². The van der Waals surface area contributed by atoms with Crippen molar-refractivity contribution >= 4 is 27.8 Å². The van der Waals surface area contributed by atoms with Gasteiger partial charge in [-0.05, 0) is 51.1 Å². The number of hydrazone groups is 1. The van der Waals surface area contributed by atoms with Gasteiger partial charge < -0.3 is 4.57 Å². The Labute approximate surface area is 183 Å². The Morgan fingerprint density at radius 2 is 1.71 bits per heavy atom. The monoisotopic (exact) mass is 438 g/mol. The Kier molecular flexibility index (Phi) is 6.60. The average molecular weight is 439 g/mol.